The van der Waals surface area contributed by atoms with Crippen molar-refractivity contribution in [2.75, 3.05) is 0 Å². The molecular weight excluding hydrogens is 274 g/mol. The van der Waals surface area contributed by atoms with Crippen LogP contribution in [0.15, 0.2) is 24.3 Å². The smallest absolute Gasteiger partial charge is 0.358 e. The second kappa shape index (κ2) is 5.01. The fourth-order valence-electron chi connectivity index (χ4n) is 1.99. The quantitative estimate of drug-likeness (QED) is 0.888. The molecule has 110 valence electrons. The number of aliphatic carboxylic acids is 1. The van der Waals surface area contributed by atoms with E-state index in [-0.39, 0.29) is 11.4 Å². The zero-order valence-corrected chi connectivity index (χ0v) is 11.9. The number of benzene rings is 1. The van der Waals surface area contributed by atoms with Crippen LogP contribution < -0.4 is 0 Å². The zero-order valence-electron chi connectivity index (χ0n) is 11.9. The Kier molecular flexibility index (Phi) is 3.51. The molecule has 1 aromatic heterocycles. The third-order valence-electron chi connectivity index (χ3n) is 3.33. The molecular formula is C14H15N3O4. The number of carbonyl (C=O) groups is 2. The number of aromatic carboxylic acids is 1. The summed E-state index contributed by atoms with van der Waals surface area (Å²) in [6.45, 7) is 4.70. The average Bonchev–Trinajstić information content (AvgIpc) is 2.84. The molecule has 0 bridgehead atoms. The van der Waals surface area contributed by atoms with E-state index in [1.54, 1.807) is 12.1 Å². The van der Waals surface area contributed by atoms with Gasteiger partial charge in [-0.3, -0.25) is 0 Å². The number of aryl methyl sites for hydroxylation is 1. The lowest BCUT2D eigenvalue weighted by atomic mass is 10.0. The number of hydrogen-bond acceptors (Lipinski definition) is 4. The fraction of sp³-hybridized carbons (Fsp3) is 0.286. The van der Waals surface area contributed by atoms with Crippen LogP contribution in [0.1, 0.15) is 29.9 Å². The lowest BCUT2D eigenvalue weighted by Gasteiger charge is -2.22. The highest BCUT2D eigenvalue weighted by Crippen LogP contribution is 2.30. The molecule has 0 saturated heterocycles. The first-order valence-electron chi connectivity index (χ1n) is 6.25. The second-order valence-corrected chi connectivity index (χ2v) is 5.18. The van der Waals surface area contributed by atoms with Crippen molar-refractivity contribution in [1.29, 1.82) is 0 Å². The van der Waals surface area contributed by atoms with Crippen LogP contribution in [-0.4, -0.2) is 37.1 Å². The maximum Gasteiger partial charge on any atom is 0.358 e. The topological polar surface area (TPSA) is 105 Å². The summed E-state index contributed by atoms with van der Waals surface area (Å²) in [5, 5.41) is 26.0. The van der Waals surface area contributed by atoms with E-state index < -0.39 is 17.5 Å². The molecule has 2 rings (SSSR count). The highest BCUT2D eigenvalue weighted by Gasteiger charge is 2.36. The van der Waals surface area contributed by atoms with Crippen molar-refractivity contribution in [2.45, 2.75) is 26.3 Å². The summed E-state index contributed by atoms with van der Waals surface area (Å²) < 4.78 is 1.14. The summed E-state index contributed by atoms with van der Waals surface area (Å²) in [4.78, 5) is 22.8. The van der Waals surface area contributed by atoms with Crippen LogP contribution in [0, 0.1) is 6.92 Å². The van der Waals surface area contributed by atoms with Gasteiger partial charge in [0.15, 0.2) is 11.2 Å². The molecule has 7 heteroatoms. The lowest BCUT2D eigenvalue weighted by Crippen LogP contribution is -2.37. The molecule has 0 atom stereocenters. The Morgan fingerprint density at radius 3 is 2.33 bits per heavy atom. The maximum absolute atomic E-state index is 11.4. The number of aromatic nitrogens is 3. The highest BCUT2D eigenvalue weighted by atomic mass is 16.4. The van der Waals surface area contributed by atoms with Crippen molar-refractivity contribution >= 4 is 11.9 Å². The molecule has 1 aromatic carbocycles. The van der Waals surface area contributed by atoms with Gasteiger partial charge in [-0.25, -0.2) is 14.3 Å². The highest BCUT2D eigenvalue weighted by molar-refractivity contribution is 5.93. The van der Waals surface area contributed by atoms with Gasteiger partial charge < -0.3 is 10.2 Å². The van der Waals surface area contributed by atoms with Gasteiger partial charge in [0.05, 0.1) is 0 Å². The van der Waals surface area contributed by atoms with E-state index in [2.05, 4.69) is 10.3 Å². The molecule has 1 heterocycles. The molecule has 0 amide bonds. The first kappa shape index (κ1) is 14.7. The van der Waals surface area contributed by atoms with Gasteiger partial charge in [0.2, 0.25) is 0 Å². The van der Waals surface area contributed by atoms with Crippen molar-refractivity contribution in [1.82, 2.24) is 15.0 Å². The number of hydrogen-bond donors (Lipinski definition) is 2. The molecule has 0 unspecified atom stereocenters. The average molecular weight is 289 g/mol. The number of carboxylic acids is 2. The van der Waals surface area contributed by atoms with Gasteiger partial charge in [0.1, 0.15) is 5.69 Å². The zero-order chi connectivity index (χ0) is 15.8. The van der Waals surface area contributed by atoms with Crippen molar-refractivity contribution in [3.05, 3.63) is 35.5 Å². The Balaban J connectivity index is 2.79. The Bertz CT molecular complexity index is 719. The van der Waals surface area contributed by atoms with E-state index in [4.69, 9.17) is 0 Å². The summed E-state index contributed by atoms with van der Waals surface area (Å²) in [6, 6.07) is 7.09. The van der Waals surface area contributed by atoms with Crippen molar-refractivity contribution in [2.24, 2.45) is 0 Å². The van der Waals surface area contributed by atoms with Gasteiger partial charge >= 0.3 is 11.9 Å². The SMILES string of the molecule is Cc1ccccc1-c1c(C(=O)O)nnn1C(C)(C)C(=O)O. The third-order valence-corrected chi connectivity index (χ3v) is 3.33. The Hall–Kier alpha value is -2.70. The minimum Gasteiger partial charge on any atom is -0.479 e. The second-order valence-electron chi connectivity index (χ2n) is 5.18. The van der Waals surface area contributed by atoms with E-state index in [9.17, 15) is 19.8 Å². The first-order chi connectivity index (χ1) is 9.76. The molecule has 0 aliphatic heterocycles. The molecule has 2 aromatic rings. The van der Waals surface area contributed by atoms with Crippen molar-refractivity contribution < 1.29 is 19.8 Å². The van der Waals surface area contributed by atoms with Crippen molar-refractivity contribution in [3.63, 3.8) is 0 Å². The summed E-state index contributed by atoms with van der Waals surface area (Å²) in [6.07, 6.45) is 0. The van der Waals surface area contributed by atoms with Crippen LogP contribution in [0.2, 0.25) is 0 Å². The fourth-order valence-corrected chi connectivity index (χ4v) is 1.99. The number of carboxylic acid groups (broad SMARTS) is 2. The summed E-state index contributed by atoms with van der Waals surface area (Å²) in [7, 11) is 0. The van der Waals surface area contributed by atoms with Gasteiger partial charge in [-0.2, -0.15) is 0 Å². The van der Waals surface area contributed by atoms with Crippen LogP contribution >= 0.6 is 0 Å². The predicted molar refractivity (Wildman–Crippen MR) is 74.1 cm³/mol. The monoisotopic (exact) mass is 289 g/mol. The predicted octanol–water partition coefficient (Wildman–Crippen LogP) is 1.77. The van der Waals surface area contributed by atoms with E-state index in [1.807, 2.05) is 19.1 Å². The largest absolute Gasteiger partial charge is 0.479 e. The third kappa shape index (κ3) is 2.37. The molecule has 0 spiro atoms. The van der Waals surface area contributed by atoms with Gasteiger partial charge in [-0.05, 0) is 26.3 Å². The van der Waals surface area contributed by atoms with Crippen LogP contribution in [-0.2, 0) is 10.3 Å². The Morgan fingerprint density at radius 1 is 1.19 bits per heavy atom. The molecule has 7 nitrogen and oxygen atoms in total. The minimum atomic E-state index is -1.42. The molecule has 0 radical (unpaired) electrons. The molecule has 2 N–H and O–H groups in total. The standard InChI is InChI=1S/C14H15N3O4/c1-8-6-4-5-7-9(8)11-10(12(18)19)15-16-17(11)14(2,3)13(20)21/h4-7H,1-3H3,(H,18,19)(H,20,21). The van der Waals surface area contributed by atoms with E-state index in [0.29, 0.717) is 5.56 Å². The minimum absolute atomic E-state index is 0.188. The number of nitrogens with zero attached hydrogens (tertiary/aromatic N) is 3. The van der Waals surface area contributed by atoms with Gasteiger partial charge in [-0.1, -0.05) is 29.5 Å². The van der Waals surface area contributed by atoms with Gasteiger partial charge in [0, 0.05) is 5.56 Å². The van der Waals surface area contributed by atoms with Crippen molar-refractivity contribution in [3.8, 4) is 11.3 Å². The normalized spacial score (nSPS) is 11.4. The molecule has 0 aliphatic rings. The number of rotatable bonds is 4. The molecule has 0 fully saturated rings. The summed E-state index contributed by atoms with van der Waals surface area (Å²) in [5.74, 6) is -2.38. The van der Waals surface area contributed by atoms with Crippen LogP contribution in [0.25, 0.3) is 11.3 Å². The Labute approximate surface area is 120 Å². The lowest BCUT2D eigenvalue weighted by molar-refractivity contribution is -0.146. The van der Waals surface area contributed by atoms with Crippen LogP contribution in [0.4, 0.5) is 0 Å². The van der Waals surface area contributed by atoms with Gasteiger partial charge in [-0.15, -0.1) is 5.10 Å². The van der Waals surface area contributed by atoms with Crippen LogP contribution in [0.5, 0.6) is 0 Å². The van der Waals surface area contributed by atoms with E-state index in [0.717, 1.165) is 10.2 Å². The van der Waals surface area contributed by atoms with E-state index in [1.165, 1.54) is 13.8 Å². The first-order valence-corrected chi connectivity index (χ1v) is 6.25. The Morgan fingerprint density at radius 2 is 1.81 bits per heavy atom. The summed E-state index contributed by atoms with van der Waals surface area (Å²) in [5.41, 5.74) is -0.0937. The van der Waals surface area contributed by atoms with E-state index >= 15 is 0 Å². The summed E-state index contributed by atoms with van der Waals surface area (Å²) >= 11 is 0. The molecule has 0 aliphatic carbocycles. The maximum atomic E-state index is 11.4. The van der Waals surface area contributed by atoms with Gasteiger partial charge in [0.25, 0.3) is 0 Å². The molecule has 21 heavy (non-hydrogen) atoms. The van der Waals surface area contributed by atoms with Crippen LogP contribution in [0.3, 0.4) is 0 Å². The molecule has 0 saturated carbocycles.